The van der Waals surface area contributed by atoms with Gasteiger partial charge in [-0.05, 0) is 30.5 Å². The molecule has 0 radical (unpaired) electrons. The Balaban J connectivity index is 2.48. The summed E-state index contributed by atoms with van der Waals surface area (Å²) < 4.78 is 10.5. The van der Waals surface area contributed by atoms with Gasteiger partial charge in [0.25, 0.3) is 0 Å². The summed E-state index contributed by atoms with van der Waals surface area (Å²) in [4.78, 5) is 1.32. The second-order valence-electron chi connectivity index (χ2n) is 3.91. The predicted octanol–water partition coefficient (Wildman–Crippen LogP) is 2.72. The molecule has 4 heteroatoms. The maximum absolute atomic E-state index is 5.57. The maximum atomic E-state index is 5.57. The molecule has 1 aromatic rings. The highest BCUT2D eigenvalue weighted by Crippen LogP contribution is 2.20. The monoisotopic (exact) mass is 269 g/mol. The van der Waals surface area contributed by atoms with Gasteiger partial charge >= 0.3 is 0 Å². The molecule has 0 heterocycles. The van der Waals surface area contributed by atoms with Crippen LogP contribution in [0.4, 0.5) is 0 Å². The van der Waals surface area contributed by atoms with E-state index in [1.165, 1.54) is 10.5 Å². The number of ether oxygens (including phenoxy) is 2. The number of methoxy groups -OCH3 is 1. The Kier molecular flexibility index (Phi) is 8.09. The van der Waals surface area contributed by atoms with Crippen LogP contribution < -0.4 is 5.32 Å². The lowest BCUT2D eigenvalue weighted by molar-refractivity contribution is 0.0596. The second kappa shape index (κ2) is 9.39. The Hall–Kier alpha value is -0.550. The van der Waals surface area contributed by atoms with E-state index in [9.17, 15) is 0 Å². The first-order valence-electron chi connectivity index (χ1n) is 6.28. The zero-order valence-electron chi connectivity index (χ0n) is 11.4. The lowest BCUT2D eigenvalue weighted by atomic mass is 10.1. The van der Waals surface area contributed by atoms with E-state index >= 15 is 0 Å². The Labute approximate surface area is 114 Å². The predicted molar refractivity (Wildman–Crippen MR) is 77.3 cm³/mol. The van der Waals surface area contributed by atoms with Crippen molar-refractivity contribution < 1.29 is 9.47 Å². The number of hydrogen-bond acceptors (Lipinski definition) is 4. The number of nitrogens with one attached hydrogen (secondary N) is 1. The van der Waals surface area contributed by atoms with Crippen LogP contribution in [0.2, 0.25) is 0 Å². The molecule has 0 aliphatic heterocycles. The van der Waals surface area contributed by atoms with Crippen LogP contribution in [0.5, 0.6) is 0 Å². The van der Waals surface area contributed by atoms with Gasteiger partial charge in [0.2, 0.25) is 0 Å². The molecule has 0 fully saturated rings. The summed E-state index contributed by atoms with van der Waals surface area (Å²) in [5.41, 5.74) is 1.26. The second-order valence-corrected chi connectivity index (χ2v) is 5.25. The first-order valence-corrected chi connectivity index (χ1v) is 7.27. The molecule has 0 aliphatic carbocycles. The normalized spacial score (nSPS) is 12.6. The van der Waals surface area contributed by atoms with Crippen LogP contribution in [-0.2, 0) is 9.47 Å². The lowest BCUT2D eigenvalue weighted by Crippen LogP contribution is -2.22. The molecule has 0 saturated carbocycles. The highest BCUT2D eigenvalue weighted by atomic mass is 32.2. The minimum atomic E-state index is 0.238. The zero-order chi connectivity index (χ0) is 13.2. The molecular weight excluding hydrogens is 246 g/mol. The minimum absolute atomic E-state index is 0.238. The Morgan fingerprint density at radius 3 is 2.50 bits per heavy atom. The molecule has 0 amide bonds. The Morgan fingerprint density at radius 2 is 1.94 bits per heavy atom. The molecule has 0 unspecified atom stereocenters. The molecular formula is C14H23NO2S. The highest BCUT2D eigenvalue weighted by Gasteiger charge is 2.09. The van der Waals surface area contributed by atoms with Crippen LogP contribution in [0.15, 0.2) is 29.2 Å². The van der Waals surface area contributed by atoms with E-state index in [0.717, 1.165) is 5.75 Å². The molecule has 0 aromatic heterocycles. The molecule has 1 rings (SSSR count). The smallest absolute Gasteiger partial charge is 0.0701 e. The molecule has 102 valence electrons. The average Bonchev–Trinajstić information content (AvgIpc) is 2.41. The van der Waals surface area contributed by atoms with Gasteiger partial charge in [0.05, 0.1) is 25.9 Å². The molecule has 1 aromatic carbocycles. The number of likely N-dealkylation sites (N-methyl/N-ethyl adjacent to an activating group) is 1. The van der Waals surface area contributed by atoms with Crippen LogP contribution in [0.3, 0.4) is 0 Å². The number of thioether (sulfide) groups is 1. The number of hydrogen-bond donors (Lipinski definition) is 1. The number of benzene rings is 1. The van der Waals surface area contributed by atoms with Crippen molar-refractivity contribution >= 4 is 11.8 Å². The van der Waals surface area contributed by atoms with Crippen molar-refractivity contribution in [3.63, 3.8) is 0 Å². The molecule has 0 saturated heterocycles. The average molecular weight is 269 g/mol. The largest absolute Gasteiger partial charge is 0.382 e. The summed E-state index contributed by atoms with van der Waals surface area (Å²) in [5, 5.41) is 3.27. The van der Waals surface area contributed by atoms with E-state index in [1.807, 2.05) is 18.8 Å². The standard InChI is InChI=1S/C14H23NO2S/c1-4-18-13-7-5-12(6-8-13)14(15-2)11-17-10-9-16-3/h5-8,14-15H,4,9-11H2,1-3H3/t14-/m0/s1. The van der Waals surface area contributed by atoms with Gasteiger partial charge in [0.15, 0.2) is 0 Å². The van der Waals surface area contributed by atoms with E-state index in [2.05, 4.69) is 36.5 Å². The molecule has 0 bridgehead atoms. The summed E-state index contributed by atoms with van der Waals surface area (Å²) in [6.45, 7) is 4.11. The van der Waals surface area contributed by atoms with Crippen LogP contribution in [0.25, 0.3) is 0 Å². The van der Waals surface area contributed by atoms with E-state index in [1.54, 1.807) is 7.11 Å². The fourth-order valence-corrected chi connectivity index (χ4v) is 2.31. The number of rotatable bonds is 9. The molecule has 1 N–H and O–H groups in total. The van der Waals surface area contributed by atoms with Crippen molar-refractivity contribution in [2.24, 2.45) is 0 Å². The Bertz CT molecular complexity index is 316. The SMILES string of the molecule is CCSc1ccc([C@H](COCCOC)NC)cc1. The lowest BCUT2D eigenvalue weighted by Gasteiger charge is -2.17. The molecule has 0 aliphatic rings. The summed E-state index contributed by atoms with van der Waals surface area (Å²) in [6.07, 6.45) is 0. The highest BCUT2D eigenvalue weighted by molar-refractivity contribution is 7.99. The van der Waals surface area contributed by atoms with Gasteiger partial charge in [0.1, 0.15) is 0 Å². The van der Waals surface area contributed by atoms with Gasteiger partial charge in [-0.15, -0.1) is 11.8 Å². The maximum Gasteiger partial charge on any atom is 0.0701 e. The van der Waals surface area contributed by atoms with Gasteiger partial charge in [-0.3, -0.25) is 0 Å². The van der Waals surface area contributed by atoms with Crippen molar-refractivity contribution in [2.75, 3.05) is 39.7 Å². The summed E-state index contributed by atoms with van der Waals surface area (Å²) >= 11 is 1.86. The van der Waals surface area contributed by atoms with Gasteiger partial charge in [0, 0.05) is 12.0 Å². The summed E-state index contributed by atoms with van der Waals surface area (Å²) in [6, 6.07) is 8.91. The van der Waals surface area contributed by atoms with Crippen molar-refractivity contribution in [1.82, 2.24) is 5.32 Å². The van der Waals surface area contributed by atoms with Gasteiger partial charge in [-0.25, -0.2) is 0 Å². The third kappa shape index (κ3) is 5.40. The van der Waals surface area contributed by atoms with Crippen molar-refractivity contribution in [3.8, 4) is 0 Å². The summed E-state index contributed by atoms with van der Waals surface area (Å²) in [7, 11) is 3.64. The van der Waals surface area contributed by atoms with E-state index < -0.39 is 0 Å². The first-order chi connectivity index (χ1) is 8.81. The molecule has 1 atom stereocenters. The Morgan fingerprint density at radius 1 is 1.22 bits per heavy atom. The summed E-state index contributed by atoms with van der Waals surface area (Å²) in [5.74, 6) is 1.11. The third-order valence-corrected chi connectivity index (χ3v) is 3.55. The third-order valence-electron chi connectivity index (χ3n) is 2.66. The molecule has 0 spiro atoms. The zero-order valence-corrected chi connectivity index (χ0v) is 12.3. The molecule has 18 heavy (non-hydrogen) atoms. The quantitative estimate of drug-likeness (QED) is 0.551. The van der Waals surface area contributed by atoms with Crippen LogP contribution in [0.1, 0.15) is 18.5 Å². The fraction of sp³-hybridized carbons (Fsp3) is 0.571. The van der Waals surface area contributed by atoms with E-state index in [0.29, 0.717) is 19.8 Å². The van der Waals surface area contributed by atoms with E-state index in [-0.39, 0.29) is 6.04 Å². The van der Waals surface area contributed by atoms with Crippen molar-refractivity contribution in [2.45, 2.75) is 17.9 Å². The van der Waals surface area contributed by atoms with Crippen LogP contribution in [0, 0.1) is 0 Å². The van der Waals surface area contributed by atoms with Crippen LogP contribution in [-0.4, -0.2) is 39.7 Å². The van der Waals surface area contributed by atoms with Gasteiger partial charge in [-0.1, -0.05) is 19.1 Å². The van der Waals surface area contributed by atoms with Gasteiger partial charge < -0.3 is 14.8 Å². The van der Waals surface area contributed by atoms with Crippen molar-refractivity contribution in [3.05, 3.63) is 29.8 Å². The topological polar surface area (TPSA) is 30.5 Å². The fourth-order valence-electron chi connectivity index (χ4n) is 1.65. The van der Waals surface area contributed by atoms with Gasteiger partial charge in [-0.2, -0.15) is 0 Å². The molecule has 3 nitrogen and oxygen atoms in total. The first kappa shape index (κ1) is 15.5. The minimum Gasteiger partial charge on any atom is -0.382 e. The van der Waals surface area contributed by atoms with Crippen molar-refractivity contribution in [1.29, 1.82) is 0 Å². The van der Waals surface area contributed by atoms with E-state index in [4.69, 9.17) is 9.47 Å². The van der Waals surface area contributed by atoms with Crippen LogP contribution >= 0.6 is 11.8 Å².